The van der Waals surface area contributed by atoms with Crippen LogP contribution in [0.3, 0.4) is 0 Å². The molecule has 3 aliphatic carbocycles. The second kappa shape index (κ2) is 12.7. The first-order chi connectivity index (χ1) is 22.8. The molecule has 0 spiro atoms. The minimum absolute atomic E-state index is 0.0174. The van der Waals surface area contributed by atoms with Crippen molar-refractivity contribution in [1.29, 1.82) is 0 Å². The van der Waals surface area contributed by atoms with Gasteiger partial charge in [0.2, 0.25) is 0 Å². The van der Waals surface area contributed by atoms with E-state index in [2.05, 4.69) is 158 Å². The maximum absolute atomic E-state index is 11.2. The molecule has 4 heteroatoms. The number of aliphatic hydroxyl groups is 2. The fraction of sp³-hybridized carbons (Fsp3) is 0.143. The molecule has 0 amide bonds. The summed E-state index contributed by atoms with van der Waals surface area (Å²) in [5, 5.41) is 30.1. The van der Waals surface area contributed by atoms with Crippen molar-refractivity contribution in [3.8, 4) is 0 Å². The third-order valence-electron chi connectivity index (χ3n) is 9.89. The summed E-state index contributed by atoms with van der Waals surface area (Å²) in [5.41, 5.74) is 5.37. The van der Waals surface area contributed by atoms with Crippen LogP contribution < -0.4 is 31.8 Å². The summed E-state index contributed by atoms with van der Waals surface area (Å²) in [4.78, 5) is 0. The van der Waals surface area contributed by atoms with Gasteiger partial charge in [-0.1, -0.05) is 158 Å². The van der Waals surface area contributed by atoms with Crippen molar-refractivity contribution in [2.45, 2.75) is 11.8 Å². The van der Waals surface area contributed by atoms with Crippen LogP contribution in [-0.4, -0.2) is 23.4 Å². The fourth-order valence-corrected chi connectivity index (χ4v) is 13.2. The van der Waals surface area contributed by atoms with E-state index in [4.69, 9.17) is 0 Å². The lowest BCUT2D eigenvalue weighted by molar-refractivity contribution is 0.0816. The molecule has 3 aliphatic rings. The molecule has 6 aromatic rings. The van der Waals surface area contributed by atoms with Crippen LogP contribution in [0.4, 0.5) is 0 Å². The van der Waals surface area contributed by atoms with Gasteiger partial charge in [-0.25, -0.2) is 0 Å². The van der Waals surface area contributed by atoms with Gasteiger partial charge in [0, 0.05) is 25.0 Å². The van der Waals surface area contributed by atoms with Crippen molar-refractivity contribution < 1.29 is 10.2 Å². The van der Waals surface area contributed by atoms with Gasteiger partial charge in [-0.2, -0.15) is 0 Å². The van der Waals surface area contributed by atoms with Gasteiger partial charge in [-0.3, -0.25) is 0 Å². The number of hydrogen-bond acceptors (Lipinski definition) is 2. The highest BCUT2D eigenvalue weighted by molar-refractivity contribution is 7.80. The number of benzene rings is 6. The van der Waals surface area contributed by atoms with Crippen molar-refractivity contribution in [2.24, 2.45) is 11.8 Å². The second-order valence-corrected chi connectivity index (χ2v) is 16.6. The Hall–Kier alpha value is -3.90. The van der Waals surface area contributed by atoms with Crippen LogP contribution in [0.25, 0.3) is 0 Å². The van der Waals surface area contributed by atoms with Gasteiger partial charge in [-0.15, -0.1) is 0 Å². The molecule has 0 radical (unpaired) electrons. The number of rotatable bonds is 8. The van der Waals surface area contributed by atoms with Crippen LogP contribution in [0.2, 0.25) is 0 Å². The van der Waals surface area contributed by atoms with Crippen molar-refractivity contribution in [3.05, 3.63) is 180 Å². The van der Waals surface area contributed by atoms with Gasteiger partial charge in [0.25, 0.3) is 0 Å². The maximum atomic E-state index is 11.2. The Morgan fingerprint density at radius 1 is 0.370 bits per heavy atom. The van der Waals surface area contributed by atoms with Gasteiger partial charge in [0.1, 0.15) is 0 Å². The summed E-state index contributed by atoms with van der Waals surface area (Å²) < 4.78 is 0. The highest BCUT2D eigenvalue weighted by atomic mass is 31.1. The average Bonchev–Trinajstić information content (AvgIpc) is 3.13. The van der Waals surface area contributed by atoms with Crippen LogP contribution in [0.15, 0.2) is 158 Å². The normalized spacial score (nSPS) is 19.7. The fourth-order valence-electron chi connectivity index (χ4n) is 8.09. The molecule has 46 heavy (non-hydrogen) atoms. The Kier molecular flexibility index (Phi) is 8.15. The predicted molar refractivity (Wildman–Crippen MR) is 195 cm³/mol. The van der Waals surface area contributed by atoms with Crippen molar-refractivity contribution in [2.75, 3.05) is 13.2 Å². The lowest BCUT2D eigenvalue weighted by atomic mass is 9.54. The molecule has 0 aliphatic heterocycles. The molecule has 0 aromatic heterocycles. The highest BCUT2D eigenvalue weighted by Gasteiger charge is 2.51. The molecule has 2 atom stereocenters. The molecule has 2 nitrogen and oxygen atoms in total. The SMILES string of the molecule is OC[C@H]1C2c3cccc(P(c4ccccc4)c4ccccc4)c3C(c3c2cccc3P(c2ccccc2)c2ccccc2)[C@@H]1CO. The van der Waals surface area contributed by atoms with E-state index in [1.165, 1.54) is 54.1 Å². The first-order valence-corrected chi connectivity index (χ1v) is 18.8. The van der Waals surface area contributed by atoms with E-state index in [9.17, 15) is 10.2 Å². The molecule has 2 N–H and O–H groups in total. The van der Waals surface area contributed by atoms with Gasteiger partial charge < -0.3 is 10.2 Å². The third-order valence-corrected chi connectivity index (χ3v) is 14.9. The number of aliphatic hydroxyl groups excluding tert-OH is 2. The zero-order valence-corrected chi connectivity index (χ0v) is 27.3. The molecule has 0 saturated carbocycles. The molecule has 2 bridgehead atoms. The van der Waals surface area contributed by atoms with E-state index in [1.807, 2.05) is 0 Å². The van der Waals surface area contributed by atoms with E-state index < -0.39 is 15.8 Å². The number of fused-ring (bicyclic) bond motifs is 1. The first-order valence-electron chi connectivity index (χ1n) is 16.1. The van der Waals surface area contributed by atoms with Crippen LogP contribution >= 0.6 is 15.8 Å². The van der Waals surface area contributed by atoms with Gasteiger partial charge >= 0.3 is 0 Å². The minimum Gasteiger partial charge on any atom is -0.396 e. The van der Waals surface area contributed by atoms with E-state index in [-0.39, 0.29) is 36.9 Å². The van der Waals surface area contributed by atoms with E-state index >= 15 is 0 Å². The minimum atomic E-state index is -0.856. The molecular weight excluding hydrogens is 598 g/mol. The molecule has 0 saturated heterocycles. The molecule has 9 rings (SSSR count). The lowest BCUT2D eigenvalue weighted by Gasteiger charge is -2.52. The summed E-state index contributed by atoms with van der Waals surface area (Å²) in [7, 11) is -1.71. The molecule has 0 fully saturated rings. The Morgan fingerprint density at radius 2 is 0.696 bits per heavy atom. The molecule has 0 heterocycles. The molecular formula is C42H36O2P2. The quantitative estimate of drug-likeness (QED) is 0.202. The largest absolute Gasteiger partial charge is 0.396 e. The average molecular weight is 635 g/mol. The van der Waals surface area contributed by atoms with Gasteiger partial charge in [-0.05, 0) is 81.8 Å². The summed E-state index contributed by atoms with van der Waals surface area (Å²) in [6.07, 6.45) is 0. The summed E-state index contributed by atoms with van der Waals surface area (Å²) >= 11 is 0. The summed E-state index contributed by atoms with van der Waals surface area (Å²) in [6.45, 7) is 0.0924. The summed E-state index contributed by atoms with van der Waals surface area (Å²) in [6, 6.07) is 57.4. The van der Waals surface area contributed by atoms with Gasteiger partial charge in [0.15, 0.2) is 0 Å². The highest BCUT2D eigenvalue weighted by Crippen LogP contribution is 2.60. The first kappa shape index (κ1) is 29.5. The smallest absolute Gasteiger partial charge is 0.0472 e. The van der Waals surface area contributed by atoms with Crippen molar-refractivity contribution in [1.82, 2.24) is 0 Å². The second-order valence-electron chi connectivity index (χ2n) is 12.2. The number of hydrogen-bond donors (Lipinski definition) is 2. The lowest BCUT2D eigenvalue weighted by Crippen LogP contribution is -2.47. The van der Waals surface area contributed by atoms with Crippen molar-refractivity contribution in [3.63, 3.8) is 0 Å². The van der Waals surface area contributed by atoms with E-state index in [0.29, 0.717) is 0 Å². The van der Waals surface area contributed by atoms with Crippen molar-refractivity contribution >= 4 is 47.7 Å². The predicted octanol–water partition coefficient (Wildman–Crippen LogP) is 6.01. The Morgan fingerprint density at radius 3 is 1.02 bits per heavy atom. The van der Waals surface area contributed by atoms with E-state index in [0.717, 1.165) is 0 Å². The Labute approximate surface area is 273 Å². The third kappa shape index (κ3) is 4.88. The van der Waals surface area contributed by atoms with Crippen LogP contribution in [0, 0.1) is 11.8 Å². The van der Waals surface area contributed by atoms with Crippen LogP contribution in [-0.2, 0) is 0 Å². The standard InChI is InChI=1S/C42H36O2P2/c43-27-35-36(28-44)42-40-33(23-13-25-37(40)45(29-15-5-1-6-16-29)30-17-7-2-8-18-30)39(35)34-24-14-26-38(41(34)42)46(31-19-9-3-10-20-31)32-21-11-4-12-22-32/h1-26,35-36,39,42-44H,27-28H2/t35-,36-,39?,42?/m1/s1. The molecule has 226 valence electrons. The Balaban J connectivity index is 1.41. The van der Waals surface area contributed by atoms with Crippen LogP contribution in [0.1, 0.15) is 34.1 Å². The monoisotopic (exact) mass is 634 g/mol. The molecule has 0 unspecified atom stereocenters. The zero-order valence-electron chi connectivity index (χ0n) is 25.5. The van der Waals surface area contributed by atoms with Gasteiger partial charge in [0.05, 0.1) is 0 Å². The maximum Gasteiger partial charge on any atom is 0.0472 e. The van der Waals surface area contributed by atoms with E-state index in [1.54, 1.807) is 0 Å². The van der Waals surface area contributed by atoms with Crippen LogP contribution in [0.5, 0.6) is 0 Å². The zero-order chi connectivity index (χ0) is 31.0. The summed E-state index contributed by atoms with van der Waals surface area (Å²) in [5.74, 6) is -0.132. The Bertz CT molecular complexity index is 1730. The topological polar surface area (TPSA) is 40.5 Å². The molecule has 6 aromatic carbocycles.